The molecule has 19 heavy (non-hydrogen) atoms. The summed E-state index contributed by atoms with van der Waals surface area (Å²) in [5, 5.41) is 3.21. The van der Waals surface area contributed by atoms with E-state index in [2.05, 4.69) is 29.2 Å². The van der Waals surface area contributed by atoms with Gasteiger partial charge in [0.25, 0.3) is 0 Å². The molecule has 2 unspecified atom stereocenters. The van der Waals surface area contributed by atoms with Crippen molar-refractivity contribution in [1.82, 2.24) is 15.1 Å². The number of nitrogens with two attached hydrogens (primary N) is 1. The summed E-state index contributed by atoms with van der Waals surface area (Å²) < 4.78 is 0. The van der Waals surface area contributed by atoms with Gasteiger partial charge in [0.05, 0.1) is 5.54 Å². The lowest BCUT2D eigenvalue weighted by Gasteiger charge is -2.28. The van der Waals surface area contributed by atoms with Crippen molar-refractivity contribution in [3.63, 3.8) is 0 Å². The fourth-order valence-electron chi connectivity index (χ4n) is 2.78. The summed E-state index contributed by atoms with van der Waals surface area (Å²) in [6.45, 7) is 8.04. The van der Waals surface area contributed by atoms with Gasteiger partial charge in [0.1, 0.15) is 0 Å². The standard InChI is InChI=1S/C14H30N4O/c1-5-16-14(2,13(15)19)8-6-9-18-10-7-12(11-18)17(3)4/h12,16H,5-11H2,1-4H3,(H2,15,19). The number of likely N-dealkylation sites (tertiary alicyclic amines) is 1. The van der Waals surface area contributed by atoms with Crippen LogP contribution in [-0.2, 0) is 4.79 Å². The van der Waals surface area contributed by atoms with E-state index in [0.717, 1.165) is 39.0 Å². The summed E-state index contributed by atoms with van der Waals surface area (Å²) in [6, 6.07) is 0.677. The molecule has 1 fully saturated rings. The smallest absolute Gasteiger partial charge is 0.237 e. The van der Waals surface area contributed by atoms with Gasteiger partial charge in [-0.1, -0.05) is 6.92 Å². The molecule has 0 aromatic carbocycles. The van der Waals surface area contributed by atoms with E-state index in [0.29, 0.717) is 6.04 Å². The molecular weight excluding hydrogens is 240 g/mol. The first-order chi connectivity index (χ1) is 8.89. The number of amides is 1. The van der Waals surface area contributed by atoms with Crippen LogP contribution in [0.2, 0.25) is 0 Å². The van der Waals surface area contributed by atoms with Crippen LogP contribution in [0.5, 0.6) is 0 Å². The second-order valence-electron chi connectivity index (χ2n) is 6.04. The van der Waals surface area contributed by atoms with Gasteiger partial charge >= 0.3 is 0 Å². The Morgan fingerprint density at radius 1 is 1.53 bits per heavy atom. The van der Waals surface area contributed by atoms with Crippen molar-refractivity contribution in [3.8, 4) is 0 Å². The molecule has 0 saturated carbocycles. The topological polar surface area (TPSA) is 61.6 Å². The lowest BCUT2D eigenvalue weighted by atomic mass is 9.94. The highest BCUT2D eigenvalue weighted by Crippen LogP contribution is 2.16. The summed E-state index contributed by atoms with van der Waals surface area (Å²) in [6.07, 6.45) is 3.05. The number of likely N-dealkylation sites (N-methyl/N-ethyl adjacent to an activating group) is 2. The highest BCUT2D eigenvalue weighted by atomic mass is 16.1. The first-order valence-electron chi connectivity index (χ1n) is 7.32. The zero-order chi connectivity index (χ0) is 14.5. The fourth-order valence-corrected chi connectivity index (χ4v) is 2.78. The Morgan fingerprint density at radius 2 is 2.21 bits per heavy atom. The predicted molar refractivity (Wildman–Crippen MR) is 79.0 cm³/mol. The quantitative estimate of drug-likeness (QED) is 0.664. The van der Waals surface area contributed by atoms with E-state index in [-0.39, 0.29) is 5.91 Å². The van der Waals surface area contributed by atoms with Gasteiger partial charge in [-0.3, -0.25) is 4.79 Å². The number of hydrogen-bond acceptors (Lipinski definition) is 4. The molecule has 1 saturated heterocycles. The highest BCUT2D eigenvalue weighted by molar-refractivity contribution is 5.84. The molecule has 5 heteroatoms. The Kier molecular flexibility index (Phi) is 6.23. The van der Waals surface area contributed by atoms with E-state index in [1.54, 1.807) is 0 Å². The van der Waals surface area contributed by atoms with Crippen LogP contribution >= 0.6 is 0 Å². The third kappa shape index (κ3) is 4.75. The third-order valence-corrected chi connectivity index (χ3v) is 4.24. The third-order valence-electron chi connectivity index (χ3n) is 4.24. The van der Waals surface area contributed by atoms with Gasteiger partial charge in [-0.2, -0.15) is 0 Å². The first-order valence-corrected chi connectivity index (χ1v) is 7.32. The lowest BCUT2D eigenvalue weighted by Crippen LogP contribution is -2.53. The van der Waals surface area contributed by atoms with Crippen LogP contribution in [-0.4, -0.2) is 67.6 Å². The Bertz CT molecular complexity index is 295. The molecule has 0 bridgehead atoms. The van der Waals surface area contributed by atoms with Gasteiger partial charge in [0, 0.05) is 12.6 Å². The maximum atomic E-state index is 11.5. The van der Waals surface area contributed by atoms with Crippen molar-refractivity contribution >= 4 is 5.91 Å². The molecule has 112 valence electrons. The van der Waals surface area contributed by atoms with Gasteiger partial charge in [-0.05, 0) is 59.9 Å². The van der Waals surface area contributed by atoms with Gasteiger partial charge in [-0.25, -0.2) is 0 Å². The van der Waals surface area contributed by atoms with Gasteiger partial charge in [0.2, 0.25) is 5.91 Å². The van der Waals surface area contributed by atoms with Crippen molar-refractivity contribution in [2.75, 3.05) is 40.3 Å². The van der Waals surface area contributed by atoms with Crippen molar-refractivity contribution in [1.29, 1.82) is 0 Å². The SMILES string of the molecule is CCNC(C)(CCCN1CCC(N(C)C)C1)C(N)=O. The Labute approximate surface area is 117 Å². The molecule has 0 radical (unpaired) electrons. The summed E-state index contributed by atoms with van der Waals surface area (Å²) >= 11 is 0. The second kappa shape index (κ2) is 7.22. The van der Waals surface area contributed by atoms with Crippen molar-refractivity contribution in [2.45, 2.75) is 44.7 Å². The van der Waals surface area contributed by atoms with E-state index in [4.69, 9.17) is 5.73 Å². The highest BCUT2D eigenvalue weighted by Gasteiger charge is 2.30. The molecule has 1 amide bonds. The zero-order valence-corrected chi connectivity index (χ0v) is 12.9. The van der Waals surface area contributed by atoms with E-state index in [9.17, 15) is 4.79 Å². The van der Waals surface area contributed by atoms with Gasteiger partial charge < -0.3 is 20.9 Å². The van der Waals surface area contributed by atoms with Crippen LogP contribution in [0, 0.1) is 0 Å². The normalized spacial score (nSPS) is 23.7. The number of rotatable bonds is 8. The second-order valence-corrected chi connectivity index (χ2v) is 6.04. The lowest BCUT2D eigenvalue weighted by molar-refractivity contribution is -0.124. The zero-order valence-electron chi connectivity index (χ0n) is 12.9. The number of carbonyl (C=O) groups excluding carboxylic acids is 1. The van der Waals surface area contributed by atoms with Crippen molar-refractivity contribution in [3.05, 3.63) is 0 Å². The van der Waals surface area contributed by atoms with Gasteiger partial charge in [-0.15, -0.1) is 0 Å². The largest absolute Gasteiger partial charge is 0.368 e. The van der Waals surface area contributed by atoms with Crippen LogP contribution in [0.25, 0.3) is 0 Å². The number of primary amides is 1. The Balaban J connectivity index is 2.32. The summed E-state index contributed by atoms with van der Waals surface area (Å²) in [7, 11) is 4.28. The number of hydrogen-bond donors (Lipinski definition) is 2. The van der Waals surface area contributed by atoms with E-state index >= 15 is 0 Å². The first kappa shape index (κ1) is 16.4. The minimum absolute atomic E-state index is 0.248. The number of carbonyl (C=O) groups is 1. The van der Waals surface area contributed by atoms with E-state index in [1.807, 2.05) is 13.8 Å². The van der Waals surface area contributed by atoms with E-state index in [1.165, 1.54) is 6.42 Å². The van der Waals surface area contributed by atoms with Crippen LogP contribution < -0.4 is 11.1 Å². The monoisotopic (exact) mass is 270 g/mol. The molecule has 0 spiro atoms. The number of nitrogens with one attached hydrogen (secondary N) is 1. The van der Waals surface area contributed by atoms with Crippen molar-refractivity contribution in [2.24, 2.45) is 5.73 Å². The van der Waals surface area contributed by atoms with Crippen molar-refractivity contribution < 1.29 is 4.79 Å². The maximum absolute atomic E-state index is 11.5. The summed E-state index contributed by atoms with van der Waals surface area (Å²) in [5.41, 5.74) is 4.93. The average Bonchev–Trinajstić information content (AvgIpc) is 2.78. The minimum atomic E-state index is -0.560. The molecule has 1 aliphatic heterocycles. The van der Waals surface area contributed by atoms with E-state index < -0.39 is 5.54 Å². The van der Waals surface area contributed by atoms with Crippen LogP contribution in [0.15, 0.2) is 0 Å². The summed E-state index contributed by atoms with van der Waals surface area (Å²) in [4.78, 5) is 16.3. The molecule has 1 aliphatic rings. The molecule has 3 N–H and O–H groups in total. The Hall–Kier alpha value is -0.650. The predicted octanol–water partition coefficient (Wildman–Crippen LogP) is 0.256. The van der Waals surface area contributed by atoms with Crippen LogP contribution in [0.4, 0.5) is 0 Å². The average molecular weight is 270 g/mol. The molecule has 2 atom stereocenters. The molecule has 0 aliphatic carbocycles. The van der Waals surface area contributed by atoms with Crippen LogP contribution in [0.1, 0.15) is 33.1 Å². The Morgan fingerprint density at radius 3 is 2.68 bits per heavy atom. The maximum Gasteiger partial charge on any atom is 0.237 e. The summed E-state index contributed by atoms with van der Waals surface area (Å²) in [5.74, 6) is -0.248. The molecule has 0 aromatic heterocycles. The fraction of sp³-hybridized carbons (Fsp3) is 0.929. The molecule has 1 rings (SSSR count). The molecule has 5 nitrogen and oxygen atoms in total. The van der Waals surface area contributed by atoms with Gasteiger partial charge in [0.15, 0.2) is 0 Å². The number of nitrogens with zero attached hydrogens (tertiary/aromatic N) is 2. The molecule has 0 aromatic rings. The molecule has 1 heterocycles. The van der Waals surface area contributed by atoms with Crippen LogP contribution in [0.3, 0.4) is 0 Å². The minimum Gasteiger partial charge on any atom is -0.368 e. The molecular formula is C14H30N4O.